The maximum atomic E-state index is 10.7. The van der Waals surface area contributed by atoms with Crippen molar-refractivity contribution in [3.05, 3.63) is 47.8 Å². The van der Waals surface area contributed by atoms with Crippen LogP contribution in [0.25, 0.3) is 11.1 Å². The number of hydrogen-bond acceptors (Lipinski definition) is 7. The van der Waals surface area contributed by atoms with Crippen molar-refractivity contribution in [2.45, 2.75) is 44.7 Å². The van der Waals surface area contributed by atoms with Crippen molar-refractivity contribution in [1.29, 1.82) is 0 Å². The van der Waals surface area contributed by atoms with Gasteiger partial charge >= 0.3 is 0 Å². The van der Waals surface area contributed by atoms with Crippen molar-refractivity contribution >= 4 is 11.5 Å². The summed E-state index contributed by atoms with van der Waals surface area (Å²) < 4.78 is 5.38. The first kappa shape index (κ1) is 20.9. The second-order valence-corrected chi connectivity index (χ2v) is 9.18. The quantitative estimate of drug-likeness (QED) is 0.672. The Balaban J connectivity index is 1.36. The standard InChI is InChI=1S/C24H30N6O2/c1-3-16-8-21(20-5-4-17(10-22(20)31)18-11-25-26-12-18)28-29-23(9-16)30-7-6-19(13-30)27-24(2)14-32-15-24/h4-5,8,10-12,19,27,31H,3,6-7,9,13-15H2,1-2H3,(H,25,26). The largest absolute Gasteiger partial charge is 0.507 e. The maximum Gasteiger partial charge on any atom is 0.131 e. The number of nitrogens with zero attached hydrogens (tertiary/aromatic N) is 4. The number of rotatable bonds is 5. The molecule has 168 valence electrons. The van der Waals surface area contributed by atoms with E-state index in [0.29, 0.717) is 17.3 Å². The highest BCUT2D eigenvalue weighted by atomic mass is 16.5. The molecule has 0 saturated carbocycles. The van der Waals surface area contributed by atoms with Crippen molar-refractivity contribution < 1.29 is 9.84 Å². The number of phenolic OH excluding ortho intramolecular Hbond substituents is 1. The first-order chi connectivity index (χ1) is 15.5. The predicted octanol–water partition coefficient (Wildman–Crippen LogP) is 3.08. The lowest BCUT2D eigenvalue weighted by Gasteiger charge is -2.41. The average molecular weight is 435 g/mol. The van der Waals surface area contributed by atoms with Gasteiger partial charge in [0.25, 0.3) is 0 Å². The van der Waals surface area contributed by atoms with Crippen molar-refractivity contribution in [3.63, 3.8) is 0 Å². The molecular formula is C24H30N6O2. The zero-order valence-corrected chi connectivity index (χ0v) is 18.6. The number of ether oxygens (including phenoxy) is 1. The Bertz CT molecular complexity index is 1070. The van der Waals surface area contributed by atoms with Crippen LogP contribution in [0.15, 0.2) is 52.4 Å². The molecule has 4 heterocycles. The van der Waals surface area contributed by atoms with Crippen molar-refractivity contribution in [2.24, 2.45) is 10.2 Å². The van der Waals surface area contributed by atoms with E-state index >= 15 is 0 Å². The van der Waals surface area contributed by atoms with Crippen LogP contribution in [0, 0.1) is 0 Å². The summed E-state index contributed by atoms with van der Waals surface area (Å²) in [5, 5.41) is 30.5. The SMILES string of the molecule is CCC1=CC(c2ccc(-c3cn[nH]c3)cc2O)=NN=C(N2CCC(NC3(C)COC3)C2)C1. The second kappa shape index (κ2) is 8.52. The lowest BCUT2D eigenvalue weighted by Crippen LogP contribution is -2.61. The van der Waals surface area contributed by atoms with Gasteiger partial charge in [-0.05, 0) is 43.5 Å². The molecule has 1 aromatic carbocycles. The molecule has 2 aromatic rings. The molecule has 3 N–H and O–H groups in total. The number of H-pyrrole nitrogens is 1. The number of phenols is 1. The normalized spacial score (nSPS) is 22.6. The third-order valence-corrected chi connectivity index (χ3v) is 6.51. The van der Waals surface area contributed by atoms with Crippen molar-refractivity contribution in [2.75, 3.05) is 26.3 Å². The average Bonchev–Trinajstić information content (AvgIpc) is 3.42. The molecule has 0 amide bonds. The summed E-state index contributed by atoms with van der Waals surface area (Å²) in [4.78, 5) is 2.35. The van der Waals surface area contributed by atoms with Gasteiger partial charge in [-0.3, -0.25) is 5.10 Å². The molecule has 1 atom stereocenters. The smallest absolute Gasteiger partial charge is 0.131 e. The third-order valence-electron chi connectivity index (χ3n) is 6.51. The molecule has 8 nitrogen and oxygen atoms in total. The molecule has 1 unspecified atom stereocenters. The molecular weight excluding hydrogens is 404 g/mol. The minimum Gasteiger partial charge on any atom is -0.507 e. The molecule has 2 fully saturated rings. The van der Waals surface area contributed by atoms with Gasteiger partial charge in [0.1, 0.15) is 11.6 Å². The number of nitrogens with one attached hydrogen (secondary N) is 2. The molecule has 3 aliphatic heterocycles. The van der Waals surface area contributed by atoms with Gasteiger partial charge < -0.3 is 20.1 Å². The molecule has 2 saturated heterocycles. The van der Waals surface area contributed by atoms with Crippen LogP contribution in [0.3, 0.4) is 0 Å². The Morgan fingerprint density at radius 3 is 2.84 bits per heavy atom. The maximum absolute atomic E-state index is 10.7. The Morgan fingerprint density at radius 2 is 2.16 bits per heavy atom. The number of likely N-dealkylation sites (tertiary alicyclic amines) is 1. The van der Waals surface area contributed by atoms with Gasteiger partial charge in [0.05, 0.1) is 30.7 Å². The molecule has 0 spiro atoms. The van der Waals surface area contributed by atoms with Crippen molar-refractivity contribution in [1.82, 2.24) is 20.4 Å². The zero-order valence-electron chi connectivity index (χ0n) is 18.6. The van der Waals surface area contributed by atoms with E-state index in [0.717, 1.165) is 62.5 Å². The van der Waals surface area contributed by atoms with Gasteiger partial charge in [-0.1, -0.05) is 18.6 Å². The highest BCUT2D eigenvalue weighted by Crippen LogP contribution is 2.29. The molecule has 32 heavy (non-hydrogen) atoms. The van der Waals surface area contributed by atoms with E-state index in [2.05, 4.69) is 50.5 Å². The van der Waals surface area contributed by atoms with E-state index in [9.17, 15) is 5.11 Å². The third kappa shape index (κ3) is 4.20. The van der Waals surface area contributed by atoms with E-state index < -0.39 is 0 Å². The summed E-state index contributed by atoms with van der Waals surface area (Å²) in [7, 11) is 0. The first-order valence-electron chi connectivity index (χ1n) is 11.3. The number of aromatic nitrogens is 2. The number of aromatic amines is 1. The van der Waals surface area contributed by atoms with Gasteiger partial charge in [-0.15, -0.1) is 10.2 Å². The van der Waals surface area contributed by atoms with Crippen LogP contribution in [-0.2, 0) is 4.74 Å². The van der Waals surface area contributed by atoms with Gasteiger partial charge in [-0.2, -0.15) is 5.10 Å². The van der Waals surface area contributed by atoms with Crippen molar-refractivity contribution in [3.8, 4) is 16.9 Å². The molecule has 0 radical (unpaired) electrons. The topological polar surface area (TPSA) is 98.1 Å². The highest BCUT2D eigenvalue weighted by molar-refractivity contribution is 6.12. The Kier molecular flexibility index (Phi) is 5.57. The monoisotopic (exact) mass is 434 g/mol. The highest BCUT2D eigenvalue weighted by Gasteiger charge is 2.37. The molecule has 0 aliphatic carbocycles. The summed E-state index contributed by atoms with van der Waals surface area (Å²) in [6, 6.07) is 6.06. The van der Waals surface area contributed by atoms with Crippen LogP contribution in [0.1, 0.15) is 38.7 Å². The zero-order chi connectivity index (χ0) is 22.1. The lowest BCUT2D eigenvalue weighted by molar-refractivity contribution is -0.0686. The summed E-state index contributed by atoms with van der Waals surface area (Å²) in [6.07, 6.45) is 8.40. The van der Waals surface area contributed by atoms with E-state index in [1.54, 1.807) is 18.5 Å². The van der Waals surface area contributed by atoms with Crippen LogP contribution in [0.2, 0.25) is 0 Å². The van der Waals surface area contributed by atoms with Gasteiger partial charge in [0, 0.05) is 42.9 Å². The molecule has 3 aliphatic rings. The Hall–Kier alpha value is -2.97. The van der Waals surface area contributed by atoms with E-state index in [1.165, 1.54) is 5.57 Å². The van der Waals surface area contributed by atoms with Crippen LogP contribution in [-0.4, -0.2) is 69.6 Å². The molecule has 1 aromatic heterocycles. The molecule has 0 bridgehead atoms. The number of allylic oxidation sites excluding steroid dienone is 1. The Morgan fingerprint density at radius 1 is 1.28 bits per heavy atom. The van der Waals surface area contributed by atoms with E-state index in [4.69, 9.17) is 4.74 Å². The number of aromatic hydroxyl groups is 1. The number of amidine groups is 1. The van der Waals surface area contributed by atoms with Gasteiger partial charge in [0.2, 0.25) is 0 Å². The van der Waals surface area contributed by atoms with E-state index in [-0.39, 0.29) is 11.3 Å². The van der Waals surface area contributed by atoms with Gasteiger partial charge in [-0.25, -0.2) is 0 Å². The van der Waals surface area contributed by atoms with Gasteiger partial charge in [0.15, 0.2) is 0 Å². The second-order valence-electron chi connectivity index (χ2n) is 9.18. The predicted molar refractivity (Wildman–Crippen MR) is 125 cm³/mol. The van der Waals surface area contributed by atoms with Crippen LogP contribution in [0.5, 0.6) is 5.75 Å². The summed E-state index contributed by atoms with van der Waals surface area (Å²) in [5.41, 5.74) is 4.58. The fourth-order valence-electron chi connectivity index (χ4n) is 4.59. The lowest BCUT2D eigenvalue weighted by atomic mass is 9.99. The van der Waals surface area contributed by atoms with Crippen LogP contribution >= 0.6 is 0 Å². The minimum atomic E-state index is 0.103. The Labute approximate surface area is 188 Å². The fraction of sp³-hybridized carbons (Fsp3) is 0.458. The minimum absolute atomic E-state index is 0.103. The fourth-order valence-corrected chi connectivity index (χ4v) is 4.59. The first-order valence-corrected chi connectivity index (χ1v) is 11.3. The molecule has 5 rings (SSSR count). The summed E-state index contributed by atoms with van der Waals surface area (Å²) >= 11 is 0. The number of benzene rings is 1. The summed E-state index contributed by atoms with van der Waals surface area (Å²) in [6.45, 7) is 7.84. The van der Waals surface area contributed by atoms with E-state index in [1.807, 2.05) is 12.1 Å². The molecule has 8 heteroatoms. The number of hydrogen-bond donors (Lipinski definition) is 3. The van der Waals surface area contributed by atoms with Crippen LogP contribution in [0.4, 0.5) is 0 Å². The summed E-state index contributed by atoms with van der Waals surface area (Å²) in [5.74, 6) is 1.19. The van der Waals surface area contributed by atoms with Crippen LogP contribution < -0.4 is 5.32 Å².